The van der Waals surface area contributed by atoms with Crippen LogP contribution in [0.25, 0.3) is 0 Å². The van der Waals surface area contributed by atoms with Crippen LogP contribution in [0.3, 0.4) is 0 Å². The van der Waals surface area contributed by atoms with Crippen molar-refractivity contribution in [3.63, 3.8) is 0 Å². The number of aliphatic hydroxyl groups is 1. The lowest BCUT2D eigenvalue weighted by Gasteiger charge is -2.23. The highest BCUT2D eigenvalue weighted by Gasteiger charge is 2.52. The normalized spacial score (nSPS) is 40.0. The summed E-state index contributed by atoms with van der Waals surface area (Å²) in [7, 11) is 0. The van der Waals surface area contributed by atoms with Crippen LogP contribution >= 0.6 is 0 Å². The average Bonchev–Trinajstić information content (AvgIpc) is 3.05. The second-order valence-electron chi connectivity index (χ2n) is 6.27. The van der Waals surface area contributed by atoms with Crippen LogP contribution in [0.5, 0.6) is 0 Å². The number of amides is 2. The minimum absolute atomic E-state index is 0.0555. The summed E-state index contributed by atoms with van der Waals surface area (Å²) in [6.07, 6.45) is 1.79. The van der Waals surface area contributed by atoms with E-state index >= 15 is 0 Å². The molecule has 4 atom stereocenters. The molecule has 2 saturated heterocycles. The molecule has 3 fully saturated rings. The maximum atomic E-state index is 12.3. The molecule has 1 saturated carbocycles. The summed E-state index contributed by atoms with van der Waals surface area (Å²) in [6, 6.07) is 0. The minimum Gasteiger partial charge on any atom is -0.391 e. The van der Waals surface area contributed by atoms with Crippen molar-refractivity contribution in [1.29, 1.82) is 0 Å². The number of nitrogens with zero attached hydrogens (tertiary/aromatic N) is 1. The first-order chi connectivity index (χ1) is 9.08. The quantitative estimate of drug-likeness (QED) is 0.752. The monoisotopic (exact) mass is 267 g/mol. The molecule has 19 heavy (non-hydrogen) atoms. The molecule has 5 nitrogen and oxygen atoms in total. The minimum atomic E-state index is -0.647. The Kier molecular flexibility index (Phi) is 3.35. The van der Waals surface area contributed by atoms with E-state index in [1.54, 1.807) is 0 Å². The molecule has 2 heterocycles. The van der Waals surface area contributed by atoms with Crippen LogP contribution in [-0.4, -0.2) is 47.7 Å². The number of aliphatic hydroxyl groups excluding tert-OH is 1. The van der Waals surface area contributed by atoms with Gasteiger partial charge >= 0.3 is 0 Å². The van der Waals surface area contributed by atoms with Crippen LogP contribution in [0, 0.1) is 23.7 Å². The topological polar surface area (TPSA) is 66.8 Å². The molecule has 1 N–H and O–H groups in total. The Morgan fingerprint density at radius 3 is 2.47 bits per heavy atom. The van der Waals surface area contributed by atoms with Gasteiger partial charge in [-0.2, -0.15) is 0 Å². The summed E-state index contributed by atoms with van der Waals surface area (Å²) in [6.45, 7) is 3.43. The van der Waals surface area contributed by atoms with Crippen LogP contribution in [0.4, 0.5) is 0 Å². The zero-order valence-corrected chi connectivity index (χ0v) is 11.2. The van der Waals surface area contributed by atoms with Gasteiger partial charge in [-0.15, -0.1) is 0 Å². The first kappa shape index (κ1) is 13.1. The lowest BCUT2D eigenvalue weighted by atomic mass is 10.00. The van der Waals surface area contributed by atoms with Crippen molar-refractivity contribution in [3.8, 4) is 0 Å². The van der Waals surface area contributed by atoms with Gasteiger partial charge in [-0.25, -0.2) is 0 Å². The number of fused-ring (bicyclic) bond motifs is 1. The van der Waals surface area contributed by atoms with Gasteiger partial charge in [0, 0.05) is 12.5 Å². The van der Waals surface area contributed by atoms with Gasteiger partial charge in [0.05, 0.1) is 31.1 Å². The molecule has 0 spiro atoms. The number of β-amino-alcohol motifs (C(OH)–C–C–N with tert-alkyl or cyclic N) is 1. The number of imide groups is 1. The summed E-state index contributed by atoms with van der Waals surface area (Å²) < 4.78 is 5.24. The largest absolute Gasteiger partial charge is 0.391 e. The van der Waals surface area contributed by atoms with Gasteiger partial charge in [0.15, 0.2) is 0 Å². The molecule has 3 aliphatic rings. The number of likely N-dealkylation sites (tertiary alicyclic amines) is 1. The molecule has 0 radical (unpaired) electrons. The summed E-state index contributed by atoms with van der Waals surface area (Å²) >= 11 is 0. The van der Waals surface area contributed by atoms with E-state index in [1.165, 1.54) is 4.90 Å². The van der Waals surface area contributed by atoms with E-state index < -0.39 is 6.10 Å². The lowest BCUT2D eigenvalue weighted by molar-refractivity contribution is -0.142. The maximum Gasteiger partial charge on any atom is 0.233 e. The SMILES string of the molecule is CC1CC2C(=O)N(CC(O)C3CCOC3)C(=O)C2C1. The van der Waals surface area contributed by atoms with Gasteiger partial charge in [0.25, 0.3) is 0 Å². The summed E-state index contributed by atoms with van der Waals surface area (Å²) in [5.41, 5.74) is 0. The third-order valence-corrected chi connectivity index (χ3v) is 4.84. The van der Waals surface area contributed by atoms with Crippen LogP contribution in [0.1, 0.15) is 26.2 Å². The second kappa shape index (κ2) is 4.87. The lowest BCUT2D eigenvalue weighted by Crippen LogP contribution is -2.41. The molecule has 4 unspecified atom stereocenters. The predicted octanol–water partition coefficient (Wildman–Crippen LogP) is 0.415. The van der Waals surface area contributed by atoms with Crippen molar-refractivity contribution in [2.24, 2.45) is 23.7 Å². The van der Waals surface area contributed by atoms with E-state index in [2.05, 4.69) is 6.92 Å². The van der Waals surface area contributed by atoms with Crippen molar-refractivity contribution in [1.82, 2.24) is 4.90 Å². The Balaban J connectivity index is 1.65. The maximum absolute atomic E-state index is 12.3. The van der Waals surface area contributed by atoms with Crippen LogP contribution in [0.15, 0.2) is 0 Å². The number of ether oxygens (including phenoxy) is 1. The van der Waals surface area contributed by atoms with Crippen LogP contribution < -0.4 is 0 Å². The van der Waals surface area contributed by atoms with Crippen molar-refractivity contribution >= 4 is 11.8 Å². The third-order valence-electron chi connectivity index (χ3n) is 4.84. The Labute approximate surface area is 112 Å². The molecular weight excluding hydrogens is 246 g/mol. The standard InChI is InChI=1S/C14H21NO4/c1-8-4-10-11(5-8)14(18)15(13(10)17)6-12(16)9-2-3-19-7-9/h8-12,16H,2-7H2,1H3. The van der Waals surface area contributed by atoms with E-state index in [-0.39, 0.29) is 36.1 Å². The molecule has 0 bridgehead atoms. The first-order valence-corrected chi connectivity index (χ1v) is 7.19. The van der Waals surface area contributed by atoms with Crippen molar-refractivity contribution in [2.75, 3.05) is 19.8 Å². The number of hydrogen-bond donors (Lipinski definition) is 1. The van der Waals surface area contributed by atoms with E-state index in [9.17, 15) is 14.7 Å². The second-order valence-corrected chi connectivity index (χ2v) is 6.27. The Hall–Kier alpha value is -0.940. The predicted molar refractivity (Wildman–Crippen MR) is 67.0 cm³/mol. The van der Waals surface area contributed by atoms with Gasteiger partial charge in [-0.3, -0.25) is 14.5 Å². The summed E-state index contributed by atoms with van der Waals surface area (Å²) in [5.74, 6) is 0.108. The van der Waals surface area contributed by atoms with Gasteiger partial charge in [0.1, 0.15) is 0 Å². The van der Waals surface area contributed by atoms with E-state index in [4.69, 9.17) is 4.74 Å². The fourth-order valence-electron chi connectivity index (χ4n) is 3.72. The third kappa shape index (κ3) is 2.19. The van der Waals surface area contributed by atoms with Gasteiger partial charge in [-0.05, 0) is 25.2 Å². The molecular formula is C14H21NO4. The highest BCUT2D eigenvalue weighted by Crippen LogP contribution is 2.43. The van der Waals surface area contributed by atoms with Gasteiger partial charge in [0.2, 0.25) is 11.8 Å². The number of carbonyl (C=O) groups is 2. The molecule has 106 valence electrons. The Morgan fingerprint density at radius 2 is 1.95 bits per heavy atom. The van der Waals surface area contributed by atoms with Crippen LogP contribution in [-0.2, 0) is 14.3 Å². The molecule has 0 aromatic heterocycles. The Bertz CT molecular complexity index is 367. The zero-order chi connectivity index (χ0) is 13.6. The van der Waals surface area contributed by atoms with Gasteiger partial charge < -0.3 is 9.84 Å². The Morgan fingerprint density at radius 1 is 1.32 bits per heavy atom. The number of carbonyl (C=O) groups excluding carboxylic acids is 2. The van der Waals surface area contributed by atoms with Crippen molar-refractivity contribution in [2.45, 2.75) is 32.3 Å². The molecule has 3 rings (SSSR count). The van der Waals surface area contributed by atoms with Crippen molar-refractivity contribution in [3.05, 3.63) is 0 Å². The molecule has 2 aliphatic heterocycles. The fourth-order valence-corrected chi connectivity index (χ4v) is 3.72. The molecule has 0 aromatic carbocycles. The van der Waals surface area contributed by atoms with E-state index in [0.29, 0.717) is 19.1 Å². The number of hydrogen-bond acceptors (Lipinski definition) is 4. The van der Waals surface area contributed by atoms with E-state index in [0.717, 1.165) is 19.3 Å². The summed E-state index contributed by atoms with van der Waals surface area (Å²) in [4.78, 5) is 25.8. The van der Waals surface area contributed by atoms with Gasteiger partial charge in [-0.1, -0.05) is 6.92 Å². The zero-order valence-electron chi connectivity index (χ0n) is 11.2. The average molecular weight is 267 g/mol. The molecule has 0 aromatic rings. The molecule has 5 heteroatoms. The highest BCUT2D eigenvalue weighted by atomic mass is 16.5. The first-order valence-electron chi connectivity index (χ1n) is 7.19. The van der Waals surface area contributed by atoms with Crippen molar-refractivity contribution < 1.29 is 19.4 Å². The van der Waals surface area contributed by atoms with E-state index in [1.807, 2.05) is 0 Å². The summed E-state index contributed by atoms with van der Waals surface area (Å²) in [5, 5.41) is 10.1. The molecule has 2 amide bonds. The smallest absolute Gasteiger partial charge is 0.233 e. The van der Waals surface area contributed by atoms with Crippen LogP contribution in [0.2, 0.25) is 0 Å². The highest BCUT2D eigenvalue weighted by molar-refractivity contribution is 6.05. The fraction of sp³-hybridized carbons (Fsp3) is 0.857. The number of rotatable bonds is 3. The molecule has 1 aliphatic carbocycles.